The summed E-state index contributed by atoms with van der Waals surface area (Å²) in [5, 5.41) is 0. The van der Waals surface area contributed by atoms with Gasteiger partial charge in [-0.15, -0.1) is 0 Å². The number of rotatable bonds is 6. The summed E-state index contributed by atoms with van der Waals surface area (Å²) in [5.74, 6) is 1.95. The Hall–Kier alpha value is -2.53. The number of carbonyl (C=O) groups excluding carboxylic acids is 1. The second-order valence-electron chi connectivity index (χ2n) is 7.21. The number of ketones is 1. The van der Waals surface area contributed by atoms with Gasteiger partial charge in [0.15, 0.2) is 17.3 Å². The molecule has 1 aliphatic heterocycles. The van der Waals surface area contributed by atoms with E-state index in [4.69, 9.17) is 18.9 Å². The number of Topliss-reactive ketones (excluding diaryl/α,β-unsaturated/α-hetero) is 1. The lowest BCUT2D eigenvalue weighted by Crippen LogP contribution is -2.44. The summed E-state index contributed by atoms with van der Waals surface area (Å²) in [6.07, 6.45) is 1.29. The molecule has 27 heavy (non-hydrogen) atoms. The quantitative estimate of drug-likeness (QED) is 0.779. The fourth-order valence-electron chi connectivity index (χ4n) is 3.70. The third-order valence-electron chi connectivity index (χ3n) is 5.21. The van der Waals surface area contributed by atoms with Crippen molar-refractivity contribution in [2.45, 2.75) is 12.8 Å². The van der Waals surface area contributed by atoms with Crippen molar-refractivity contribution in [2.75, 3.05) is 34.0 Å². The van der Waals surface area contributed by atoms with Gasteiger partial charge < -0.3 is 18.9 Å². The lowest BCUT2D eigenvalue weighted by molar-refractivity contribution is -0.103. The van der Waals surface area contributed by atoms with Crippen LogP contribution in [0.5, 0.6) is 17.2 Å². The predicted octanol–water partition coefficient (Wildman–Crippen LogP) is 3.73. The molecule has 2 aromatic carbocycles. The molecule has 0 bridgehead atoms. The maximum absolute atomic E-state index is 12.2. The van der Waals surface area contributed by atoms with Gasteiger partial charge in [0.05, 0.1) is 39.5 Å². The van der Waals surface area contributed by atoms with E-state index < -0.39 is 0 Å². The third kappa shape index (κ3) is 3.06. The SMILES string of the molecule is [CH2]C1(COc2c(-c3cccc4c3CCC4=O)ccc(OC)c2OC)COC1. The standard InChI is InChI=1S/C22H23O5/c1-22(11-26-12-22)13-27-20-17(8-10-19(24-2)21(20)25-3)14-5-4-6-16-15(14)7-9-18(16)23/h4-6,8,10H,1,7,9,11-13H2,2-3H3. The fraction of sp³-hybridized carbons (Fsp3) is 0.364. The van der Waals surface area contributed by atoms with E-state index in [9.17, 15) is 4.79 Å². The zero-order valence-electron chi connectivity index (χ0n) is 15.7. The molecule has 1 saturated heterocycles. The van der Waals surface area contributed by atoms with Gasteiger partial charge in [0, 0.05) is 17.5 Å². The minimum absolute atomic E-state index is 0.193. The summed E-state index contributed by atoms with van der Waals surface area (Å²) in [7, 11) is 3.20. The zero-order valence-corrected chi connectivity index (χ0v) is 15.7. The van der Waals surface area contributed by atoms with E-state index in [-0.39, 0.29) is 11.2 Å². The van der Waals surface area contributed by atoms with Crippen molar-refractivity contribution in [3.05, 3.63) is 48.4 Å². The summed E-state index contributed by atoms with van der Waals surface area (Å²) in [5.41, 5.74) is 3.51. The first-order valence-corrected chi connectivity index (χ1v) is 9.03. The molecule has 0 atom stereocenters. The van der Waals surface area contributed by atoms with Crippen LogP contribution in [-0.4, -0.2) is 39.8 Å². The number of methoxy groups -OCH3 is 2. The number of benzene rings is 2. The monoisotopic (exact) mass is 367 g/mol. The molecule has 141 valence electrons. The molecule has 0 aromatic heterocycles. The van der Waals surface area contributed by atoms with Crippen molar-refractivity contribution in [3.8, 4) is 28.4 Å². The first kappa shape index (κ1) is 17.9. The second kappa shape index (κ2) is 6.89. The van der Waals surface area contributed by atoms with Crippen LogP contribution in [0.3, 0.4) is 0 Å². The smallest absolute Gasteiger partial charge is 0.203 e. The Bertz CT molecular complexity index is 883. The average Bonchev–Trinajstić information content (AvgIpc) is 3.05. The van der Waals surface area contributed by atoms with Crippen LogP contribution in [0, 0.1) is 12.3 Å². The molecule has 0 N–H and O–H groups in total. The molecule has 2 aliphatic rings. The van der Waals surface area contributed by atoms with Crippen LogP contribution in [0.2, 0.25) is 0 Å². The maximum atomic E-state index is 12.2. The number of hydrogen-bond donors (Lipinski definition) is 0. The van der Waals surface area contributed by atoms with E-state index in [0.29, 0.717) is 43.5 Å². The lowest BCUT2D eigenvalue weighted by atomic mass is 9.90. The molecule has 0 unspecified atom stereocenters. The molecule has 4 rings (SSSR count). The van der Waals surface area contributed by atoms with E-state index in [1.807, 2.05) is 30.3 Å². The molecule has 0 saturated carbocycles. The Balaban J connectivity index is 1.82. The summed E-state index contributed by atoms with van der Waals surface area (Å²) in [4.78, 5) is 12.2. The molecule has 1 aliphatic carbocycles. The molecule has 1 radical (unpaired) electrons. The largest absolute Gasteiger partial charge is 0.493 e. The van der Waals surface area contributed by atoms with Crippen LogP contribution in [0.25, 0.3) is 11.1 Å². The van der Waals surface area contributed by atoms with E-state index >= 15 is 0 Å². The van der Waals surface area contributed by atoms with Crippen molar-refractivity contribution in [2.24, 2.45) is 5.41 Å². The third-order valence-corrected chi connectivity index (χ3v) is 5.21. The summed E-state index contributed by atoms with van der Waals surface area (Å²) >= 11 is 0. The van der Waals surface area contributed by atoms with Crippen LogP contribution < -0.4 is 14.2 Å². The lowest BCUT2D eigenvalue weighted by Gasteiger charge is -2.37. The Morgan fingerprint density at radius 3 is 2.44 bits per heavy atom. The van der Waals surface area contributed by atoms with Gasteiger partial charge in [-0.2, -0.15) is 0 Å². The highest BCUT2D eigenvalue weighted by Crippen LogP contribution is 2.47. The van der Waals surface area contributed by atoms with Crippen molar-refractivity contribution >= 4 is 5.78 Å². The van der Waals surface area contributed by atoms with Gasteiger partial charge >= 0.3 is 0 Å². The van der Waals surface area contributed by atoms with Gasteiger partial charge in [0.25, 0.3) is 0 Å². The average molecular weight is 367 g/mol. The van der Waals surface area contributed by atoms with Crippen LogP contribution in [0.15, 0.2) is 30.3 Å². The fourth-order valence-corrected chi connectivity index (χ4v) is 3.70. The number of hydrogen-bond acceptors (Lipinski definition) is 5. The van der Waals surface area contributed by atoms with Gasteiger partial charge in [-0.3, -0.25) is 4.79 Å². The highest BCUT2D eigenvalue weighted by Gasteiger charge is 2.35. The van der Waals surface area contributed by atoms with Crippen LogP contribution >= 0.6 is 0 Å². The Labute approximate surface area is 159 Å². The molecule has 0 amide bonds. The van der Waals surface area contributed by atoms with Gasteiger partial charge in [-0.05, 0) is 36.6 Å². The van der Waals surface area contributed by atoms with Gasteiger partial charge in [-0.1, -0.05) is 18.2 Å². The van der Waals surface area contributed by atoms with Crippen LogP contribution in [0.1, 0.15) is 22.3 Å². The highest BCUT2D eigenvalue weighted by molar-refractivity contribution is 6.02. The first-order chi connectivity index (χ1) is 13.1. The van der Waals surface area contributed by atoms with E-state index in [0.717, 1.165) is 28.7 Å². The van der Waals surface area contributed by atoms with E-state index in [2.05, 4.69) is 6.92 Å². The summed E-state index contributed by atoms with van der Waals surface area (Å²) < 4.78 is 22.6. The number of ether oxygens (including phenoxy) is 4. The second-order valence-corrected chi connectivity index (χ2v) is 7.21. The zero-order chi connectivity index (χ0) is 19.0. The normalized spacial score (nSPS) is 17.2. The minimum Gasteiger partial charge on any atom is -0.493 e. The minimum atomic E-state index is -0.250. The topological polar surface area (TPSA) is 54.0 Å². The van der Waals surface area contributed by atoms with Gasteiger partial charge in [-0.25, -0.2) is 0 Å². The molecule has 1 fully saturated rings. The summed E-state index contributed by atoms with van der Waals surface area (Å²) in [6, 6.07) is 9.66. The van der Waals surface area contributed by atoms with Crippen molar-refractivity contribution in [3.63, 3.8) is 0 Å². The molecule has 5 heteroatoms. The van der Waals surface area contributed by atoms with Crippen molar-refractivity contribution in [1.29, 1.82) is 0 Å². The van der Waals surface area contributed by atoms with E-state index in [1.54, 1.807) is 14.2 Å². The molecule has 5 nitrogen and oxygen atoms in total. The Morgan fingerprint density at radius 1 is 1.00 bits per heavy atom. The van der Waals surface area contributed by atoms with Crippen LogP contribution in [-0.2, 0) is 11.2 Å². The van der Waals surface area contributed by atoms with Crippen molar-refractivity contribution in [1.82, 2.24) is 0 Å². The number of fused-ring (bicyclic) bond motifs is 1. The maximum Gasteiger partial charge on any atom is 0.203 e. The highest BCUT2D eigenvalue weighted by atomic mass is 16.5. The molecule has 2 aromatic rings. The van der Waals surface area contributed by atoms with Gasteiger partial charge in [0.2, 0.25) is 5.75 Å². The van der Waals surface area contributed by atoms with Crippen molar-refractivity contribution < 1.29 is 23.7 Å². The van der Waals surface area contributed by atoms with E-state index in [1.165, 1.54) is 0 Å². The Kier molecular flexibility index (Phi) is 4.56. The van der Waals surface area contributed by atoms with Gasteiger partial charge in [0.1, 0.15) is 0 Å². The Morgan fingerprint density at radius 2 is 1.78 bits per heavy atom. The molecular weight excluding hydrogens is 344 g/mol. The molecular formula is C22H23O5. The number of carbonyl (C=O) groups is 1. The summed E-state index contributed by atoms with van der Waals surface area (Å²) in [6.45, 7) is 5.75. The predicted molar refractivity (Wildman–Crippen MR) is 102 cm³/mol. The molecule has 1 heterocycles. The van der Waals surface area contributed by atoms with Crippen LogP contribution in [0.4, 0.5) is 0 Å². The first-order valence-electron chi connectivity index (χ1n) is 9.03. The molecule has 0 spiro atoms.